The van der Waals surface area contributed by atoms with Gasteiger partial charge in [-0.25, -0.2) is 9.97 Å². The fourth-order valence-corrected chi connectivity index (χ4v) is 3.58. The van der Waals surface area contributed by atoms with Gasteiger partial charge in [0.1, 0.15) is 5.75 Å². The average Bonchev–Trinajstić information content (AvgIpc) is 3.56. The molecular formula is C24H28N4O2. The van der Waals surface area contributed by atoms with Gasteiger partial charge in [0.05, 0.1) is 5.52 Å². The van der Waals surface area contributed by atoms with E-state index in [4.69, 9.17) is 0 Å². The number of aromatic nitrogens is 2. The Morgan fingerprint density at radius 2 is 1.93 bits per heavy atom. The number of carbonyl (C=O) groups is 1. The molecule has 30 heavy (non-hydrogen) atoms. The Labute approximate surface area is 176 Å². The molecule has 6 heteroatoms. The van der Waals surface area contributed by atoms with Gasteiger partial charge in [0.2, 0.25) is 5.95 Å². The fourth-order valence-electron chi connectivity index (χ4n) is 3.58. The molecule has 1 aromatic heterocycles. The topological polar surface area (TPSA) is 87.1 Å². The van der Waals surface area contributed by atoms with E-state index in [9.17, 15) is 9.90 Å². The number of hydrogen-bond acceptors (Lipinski definition) is 5. The Bertz CT molecular complexity index is 1090. The number of anilines is 1. The number of phenolic OH excluding ortho intramolecular Hbond substituents is 1. The van der Waals surface area contributed by atoms with Crippen LogP contribution in [0.5, 0.6) is 5.75 Å². The molecule has 3 N–H and O–H groups in total. The summed E-state index contributed by atoms with van der Waals surface area (Å²) in [6.07, 6.45) is 5.85. The lowest BCUT2D eigenvalue weighted by atomic mass is 9.96. The molecule has 1 fully saturated rings. The molecule has 0 saturated heterocycles. The highest BCUT2D eigenvalue weighted by atomic mass is 16.3. The molecule has 4 rings (SSSR count). The second-order valence-electron chi connectivity index (χ2n) is 8.06. The van der Waals surface area contributed by atoms with Gasteiger partial charge in [-0.2, -0.15) is 0 Å². The number of aryl methyl sites for hydroxylation is 1. The summed E-state index contributed by atoms with van der Waals surface area (Å²) in [6, 6.07) is 9.77. The van der Waals surface area contributed by atoms with Crippen molar-refractivity contribution in [2.45, 2.75) is 58.5 Å². The van der Waals surface area contributed by atoms with E-state index < -0.39 is 0 Å². The summed E-state index contributed by atoms with van der Waals surface area (Å²) in [5.41, 5.74) is 3.77. The molecule has 6 nitrogen and oxygen atoms in total. The number of amides is 1. The standard InChI is InChI=1S/C24H28N4O2/c1-4-17(5-2)27-24-25-13-16-11-20(22(29)12-21(16)28-24)19-10-15(7-6-14(19)3)23(30)26-18-8-9-18/h6-7,10-13,17-18,29H,4-5,8-9H2,1-3H3,(H,26,30)(H,25,27,28). The molecule has 1 heterocycles. The van der Waals surface area contributed by atoms with Crippen LogP contribution in [-0.2, 0) is 0 Å². The molecule has 1 aliphatic carbocycles. The van der Waals surface area contributed by atoms with Crippen LogP contribution >= 0.6 is 0 Å². The first-order valence-corrected chi connectivity index (χ1v) is 10.7. The van der Waals surface area contributed by atoms with Gasteiger partial charge in [-0.15, -0.1) is 0 Å². The lowest BCUT2D eigenvalue weighted by Gasteiger charge is -2.15. The summed E-state index contributed by atoms with van der Waals surface area (Å²) >= 11 is 0. The molecule has 0 atom stereocenters. The first kappa shape index (κ1) is 20.1. The zero-order chi connectivity index (χ0) is 21.3. The van der Waals surface area contributed by atoms with Crippen molar-refractivity contribution in [3.8, 4) is 16.9 Å². The van der Waals surface area contributed by atoms with Crippen LogP contribution in [0.1, 0.15) is 55.5 Å². The van der Waals surface area contributed by atoms with E-state index in [1.807, 2.05) is 31.2 Å². The van der Waals surface area contributed by atoms with Crippen LogP contribution in [0.2, 0.25) is 0 Å². The Hall–Kier alpha value is -3.15. The highest BCUT2D eigenvalue weighted by Crippen LogP contribution is 2.35. The van der Waals surface area contributed by atoms with Gasteiger partial charge >= 0.3 is 0 Å². The van der Waals surface area contributed by atoms with Gasteiger partial charge in [-0.05, 0) is 61.9 Å². The number of phenols is 1. The third kappa shape index (κ3) is 4.22. The SMILES string of the molecule is CCC(CC)Nc1ncc2cc(-c3cc(C(=O)NC4CC4)ccc3C)c(O)cc2n1. The summed E-state index contributed by atoms with van der Waals surface area (Å²) in [6.45, 7) is 6.23. The molecule has 0 spiro atoms. The molecule has 0 radical (unpaired) electrons. The van der Waals surface area contributed by atoms with Gasteiger partial charge in [0.15, 0.2) is 0 Å². The largest absolute Gasteiger partial charge is 0.507 e. The zero-order valence-corrected chi connectivity index (χ0v) is 17.7. The van der Waals surface area contributed by atoms with Crippen molar-refractivity contribution >= 4 is 22.8 Å². The number of hydrogen-bond donors (Lipinski definition) is 3. The summed E-state index contributed by atoms with van der Waals surface area (Å²) < 4.78 is 0. The van der Waals surface area contributed by atoms with E-state index in [2.05, 4.69) is 34.4 Å². The molecule has 1 aliphatic rings. The number of nitrogens with zero attached hydrogens (tertiary/aromatic N) is 2. The van der Waals surface area contributed by atoms with Crippen molar-refractivity contribution in [1.82, 2.24) is 15.3 Å². The Morgan fingerprint density at radius 3 is 2.63 bits per heavy atom. The number of rotatable bonds is 7. The van der Waals surface area contributed by atoms with Crippen molar-refractivity contribution in [3.63, 3.8) is 0 Å². The maximum Gasteiger partial charge on any atom is 0.251 e. The molecule has 1 amide bonds. The van der Waals surface area contributed by atoms with Crippen LogP contribution < -0.4 is 10.6 Å². The van der Waals surface area contributed by atoms with Crippen LogP contribution in [0.15, 0.2) is 36.5 Å². The minimum Gasteiger partial charge on any atom is -0.507 e. The van der Waals surface area contributed by atoms with Crippen molar-refractivity contribution in [3.05, 3.63) is 47.7 Å². The van der Waals surface area contributed by atoms with Crippen LogP contribution in [0.4, 0.5) is 5.95 Å². The van der Waals surface area contributed by atoms with E-state index in [0.717, 1.165) is 42.2 Å². The van der Waals surface area contributed by atoms with Gasteiger partial charge in [-0.3, -0.25) is 4.79 Å². The van der Waals surface area contributed by atoms with Crippen molar-refractivity contribution in [2.24, 2.45) is 0 Å². The second kappa shape index (κ2) is 8.30. The normalized spacial score (nSPS) is 13.6. The van der Waals surface area contributed by atoms with Crippen LogP contribution in [0, 0.1) is 6.92 Å². The van der Waals surface area contributed by atoms with Crippen LogP contribution in [0.25, 0.3) is 22.0 Å². The minimum absolute atomic E-state index is 0.0699. The number of carbonyl (C=O) groups excluding carboxylic acids is 1. The van der Waals surface area contributed by atoms with Gasteiger partial charge < -0.3 is 15.7 Å². The van der Waals surface area contributed by atoms with Crippen molar-refractivity contribution < 1.29 is 9.90 Å². The fraction of sp³-hybridized carbons (Fsp3) is 0.375. The molecule has 3 aromatic rings. The van der Waals surface area contributed by atoms with Crippen molar-refractivity contribution in [2.75, 3.05) is 5.32 Å². The number of nitrogens with one attached hydrogen (secondary N) is 2. The lowest BCUT2D eigenvalue weighted by molar-refractivity contribution is 0.0951. The zero-order valence-electron chi connectivity index (χ0n) is 17.7. The maximum atomic E-state index is 12.5. The Balaban J connectivity index is 1.68. The predicted octanol–water partition coefficient (Wildman–Crippen LogP) is 4.80. The first-order valence-electron chi connectivity index (χ1n) is 10.7. The summed E-state index contributed by atoms with van der Waals surface area (Å²) in [4.78, 5) is 21.5. The van der Waals surface area contributed by atoms with E-state index >= 15 is 0 Å². The summed E-state index contributed by atoms with van der Waals surface area (Å²) in [7, 11) is 0. The molecule has 0 aliphatic heterocycles. The van der Waals surface area contributed by atoms with E-state index in [-0.39, 0.29) is 11.7 Å². The van der Waals surface area contributed by atoms with E-state index in [1.165, 1.54) is 0 Å². The van der Waals surface area contributed by atoms with Gasteiger partial charge in [0, 0.05) is 40.9 Å². The predicted molar refractivity (Wildman–Crippen MR) is 120 cm³/mol. The quantitative estimate of drug-likeness (QED) is 0.526. The number of benzene rings is 2. The third-order valence-corrected chi connectivity index (χ3v) is 5.72. The second-order valence-corrected chi connectivity index (χ2v) is 8.06. The average molecular weight is 405 g/mol. The lowest BCUT2D eigenvalue weighted by Crippen LogP contribution is -2.25. The number of fused-ring (bicyclic) bond motifs is 1. The number of aromatic hydroxyl groups is 1. The highest BCUT2D eigenvalue weighted by Gasteiger charge is 2.24. The monoisotopic (exact) mass is 404 g/mol. The molecule has 156 valence electrons. The smallest absolute Gasteiger partial charge is 0.251 e. The Kier molecular flexibility index (Phi) is 5.57. The van der Waals surface area contributed by atoms with E-state index in [1.54, 1.807) is 12.3 Å². The summed E-state index contributed by atoms with van der Waals surface area (Å²) in [5.74, 6) is 0.635. The molecule has 1 saturated carbocycles. The van der Waals surface area contributed by atoms with Crippen LogP contribution in [0.3, 0.4) is 0 Å². The van der Waals surface area contributed by atoms with Gasteiger partial charge in [0.25, 0.3) is 5.91 Å². The minimum atomic E-state index is -0.0699. The Morgan fingerprint density at radius 1 is 1.17 bits per heavy atom. The first-order chi connectivity index (χ1) is 14.5. The molecular weight excluding hydrogens is 376 g/mol. The van der Waals surface area contributed by atoms with Crippen LogP contribution in [-0.4, -0.2) is 33.1 Å². The van der Waals surface area contributed by atoms with E-state index in [0.29, 0.717) is 34.7 Å². The van der Waals surface area contributed by atoms with Crippen molar-refractivity contribution in [1.29, 1.82) is 0 Å². The maximum absolute atomic E-state index is 12.5. The molecule has 0 unspecified atom stereocenters. The third-order valence-electron chi connectivity index (χ3n) is 5.72. The highest BCUT2D eigenvalue weighted by molar-refractivity contribution is 5.97. The molecule has 0 bridgehead atoms. The summed E-state index contributed by atoms with van der Waals surface area (Å²) in [5, 5.41) is 17.9. The van der Waals surface area contributed by atoms with Gasteiger partial charge in [-0.1, -0.05) is 19.9 Å². The molecule has 2 aromatic carbocycles.